The molecule has 0 aliphatic rings. The Labute approximate surface area is 150 Å². The Balaban J connectivity index is 1.27. The number of aromatic nitrogens is 3. The van der Waals surface area contributed by atoms with E-state index in [0.29, 0.717) is 0 Å². The number of furan rings is 1. The van der Waals surface area contributed by atoms with Gasteiger partial charge in [-0.15, -0.1) is 11.3 Å². The van der Waals surface area contributed by atoms with Crippen LogP contribution in [0, 0.1) is 0 Å². The second kappa shape index (κ2) is 7.46. The molecule has 0 spiro atoms. The average molecular weight is 350 g/mol. The molecule has 0 fully saturated rings. The van der Waals surface area contributed by atoms with Crippen molar-refractivity contribution in [2.75, 3.05) is 6.54 Å². The van der Waals surface area contributed by atoms with Crippen LogP contribution in [0.4, 0.5) is 0 Å². The zero-order valence-corrected chi connectivity index (χ0v) is 14.4. The number of hydrogen-bond donors (Lipinski definition) is 1. The molecule has 5 nitrogen and oxygen atoms in total. The lowest BCUT2D eigenvalue weighted by molar-refractivity contribution is 0.581. The summed E-state index contributed by atoms with van der Waals surface area (Å²) < 4.78 is 7.28. The van der Waals surface area contributed by atoms with E-state index in [-0.39, 0.29) is 0 Å². The Morgan fingerprint density at radius 2 is 2.04 bits per heavy atom. The quantitative estimate of drug-likeness (QED) is 0.513. The van der Waals surface area contributed by atoms with Gasteiger partial charge in [0.25, 0.3) is 0 Å². The minimum absolute atomic E-state index is 0.754. The molecule has 1 N–H and O–H groups in total. The Kier molecular flexibility index (Phi) is 4.72. The minimum atomic E-state index is 0.754. The van der Waals surface area contributed by atoms with Crippen molar-refractivity contribution >= 4 is 11.3 Å². The molecule has 3 heterocycles. The number of nitrogens with zero attached hydrogens (tertiary/aromatic N) is 3. The fraction of sp³-hybridized carbons (Fsp3) is 0.158. The van der Waals surface area contributed by atoms with E-state index in [1.807, 2.05) is 53.3 Å². The largest absolute Gasteiger partial charge is 0.462 e. The summed E-state index contributed by atoms with van der Waals surface area (Å²) in [7, 11) is 0. The molecule has 0 amide bonds. The highest BCUT2D eigenvalue weighted by molar-refractivity contribution is 7.13. The van der Waals surface area contributed by atoms with Crippen molar-refractivity contribution in [3.63, 3.8) is 0 Å². The van der Waals surface area contributed by atoms with Crippen LogP contribution in [0.15, 0.2) is 70.9 Å². The van der Waals surface area contributed by atoms with Gasteiger partial charge in [-0.1, -0.05) is 18.2 Å². The zero-order valence-electron chi connectivity index (χ0n) is 13.6. The third-order valence-electron chi connectivity index (χ3n) is 3.84. The third kappa shape index (κ3) is 3.87. The molecule has 0 aliphatic carbocycles. The Morgan fingerprint density at radius 3 is 2.88 bits per heavy atom. The van der Waals surface area contributed by atoms with Crippen molar-refractivity contribution in [3.05, 3.63) is 77.8 Å². The monoisotopic (exact) mass is 350 g/mol. The molecule has 126 valence electrons. The van der Waals surface area contributed by atoms with Crippen LogP contribution < -0.4 is 5.32 Å². The van der Waals surface area contributed by atoms with Gasteiger partial charge in [-0.2, -0.15) is 5.10 Å². The summed E-state index contributed by atoms with van der Waals surface area (Å²) in [4.78, 5) is 4.59. The predicted molar refractivity (Wildman–Crippen MR) is 98.8 cm³/mol. The van der Waals surface area contributed by atoms with Gasteiger partial charge in [-0.3, -0.25) is 0 Å². The highest BCUT2D eigenvalue weighted by Crippen LogP contribution is 2.23. The van der Waals surface area contributed by atoms with Crippen molar-refractivity contribution in [2.45, 2.75) is 13.0 Å². The zero-order chi connectivity index (χ0) is 16.9. The molecular formula is C19H18N4OS. The Morgan fingerprint density at radius 1 is 1.12 bits per heavy atom. The maximum Gasteiger partial charge on any atom is 0.162 e. The molecule has 6 heteroatoms. The predicted octanol–water partition coefficient (Wildman–Crippen LogP) is 3.92. The number of para-hydroxylation sites is 1. The Bertz CT molecular complexity index is 912. The maximum absolute atomic E-state index is 5.37. The number of rotatable bonds is 7. The van der Waals surface area contributed by atoms with Crippen LogP contribution in [-0.4, -0.2) is 21.3 Å². The van der Waals surface area contributed by atoms with Crippen molar-refractivity contribution in [3.8, 4) is 16.5 Å². The number of hydrogen-bond acceptors (Lipinski definition) is 5. The first kappa shape index (κ1) is 15.8. The first-order chi connectivity index (χ1) is 12.4. The SMILES string of the molecule is c1ccc(-n2cc(CCNCc3csc(-c4ccco4)n3)cn2)cc1. The minimum Gasteiger partial charge on any atom is -0.462 e. The number of benzene rings is 1. The fourth-order valence-corrected chi connectivity index (χ4v) is 3.35. The smallest absolute Gasteiger partial charge is 0.162 e. The van der Waals surface area contributed by atoms with Crippen LogP contribution in [0.25, 0.3) is 16.5 Å². The maximum atomic E-state index is 5.37. The van der Waals surface area contributed by atoms with Crippen LogP contribution in [0.1, 0.15) is 11.3 Å². The highest BCUT2D eigenvalue weighted by atomic mass is 32.1. The van der Waals surface area contributed by atoms with Crippen LogP contribution in [0.2, 0.25) is 0 Å². The molecule has 1 aromatic carbocycles. The van der Waals surface area contributed by atoms with Gasteiger partial charge in [0.1, 0.15) is 0 Å². The normalized spacial score (nSPS) is 11.0. The van der Waals surface area contributed by atoms with Crippen molar-refractivity contribution in [2.24, 2.45) is 0 Å². The Hall–Kier alpha value is -2.70. The van der Waals surface area contributed by atoms with E-state index in [2.05, 4.69) is 27.0 Å². The summed E-state index contributed by atoms with van der Waals surface area (Å²) in [5.74, 6) is 0.824. The summed E-state index contributed by atoms with van der Waals surface area (Å²) in [6.45, 7) is 1.64. The van der Waals surface area contributed by atoms with E-state index >= 15 is 0 Å². The van der Waals surface area contributed by atoms with Gasteiger partial charge in [0, 0.05) is 18.1 Å². The molecule has 0 saturated heterocycles. The molecule has 4 aromatic rings. The summed E-state index contributed by atoms with van der Waals surface area (Å²) in [5, 5.41) is 10.8. The van der Waals surface area contributed by atoms with E-state index in [4.69, 9.17) is 4.42 Å². The lowest BCUT2D eigenvalue weighted by Gasteiger charge is -2.01. The van der Waals surface area contributed by atoms with Crippen LogP contribution >= 0.6 is 11.3 Å². The van der Waals surface area contributed by atoms with E-state index in [9.17, 15) is 0 Å². The third-order valence-corrected chi connectivity index (χ3v) is 4.74. The van der Waals surface area contributed by atoms with Crippen molar-refractivity contribution in [1.29, 1.82) is 0 Å². The molecule has 0 saturated carbocycles. The van der Waals surface area contributed by atoms with Crippen LogP contribution in [0.3, 0.4) is 0 Å². The first-order valence-corrected chi connectivity index (χ1v) is 9.04. The molecular weight excluding hydrogens is 332 g/mol. The molecule has 0 radical (unpaired) electrons. The summed E-state index contributed by atoms with van der Waals surface area (Å²) >= 11 is 1.60. The van der Waals surface area contributed by atoms with E-state index in [1.165, 1.54) is 5.56 Å². The van der Waals surface area contributed by atoms with Crippen LogP contribution in [-0.2, 0) is 13.0 Å². The van der Waals surface area contributed by atoms with Gasteiger partial charge in [0.05, 0.1) is 23.8 Å². The lowest BCUT2D eigenvalue weighted by Crippen LogP contribution is -2.16. The molecule has 0 unspecified atom stereocenters. The van der Waals surface area contributed by atoms with Gasteiger partial charge in [-0.05, 0) is 42.8 Å². The molecule has 25 heavy (non-hydrogen) atoms. The molecule has 3 aromatic heterocycles. The fourth-order valence-electron chi connectivity index (χ4n) is 2.56. The standard InChI is InChI=1S/C19H18N4OS/c1-2-5-17(6-3-1)23-13-15(11-21-23)8-9-20-12-16-14-25-19(22-16)18-7-4-10-24-18/h1-7,10-11,13-14,20H,8-9,12H2. The lowest BCUT2D eigenvalue weighted by atomic mass is 10.2. The van der Waals surface area contributed by atoms with Gasteiger partial charge in [-0.25, -0.2) is 9.67 Å². The van der Waals surface area contributed by atoms with Crippen LogP contribution in [0.5, 0.6) is 0 Å². The number of thiazole rings is 1. The van der Waals surface area contributed by atoms with E-state index in [0.717, 1.165) is 41.7 Å². The number of nitrogens with one attached hydrogen (secondary N) is 1. The summed E-state index contributed by atoms with van der Waals surface area (Å²) in [6, 6.07) is 14.0. The second-order valence-electron chi connectivity index (χ2n) is 5.68. The first-order valence-electron chi connectivity index (χ1n) is 8.16. The van der Waals surface area contributed by atoms with Crippen molar-refractivity contribution in [1.82, 2.24) is 20.1 Å². The molecule has 0 aliphatic heterocycles. The summed E-state index contributed by atoms with van der Waals surface area (Å²) in [5.41, 5.74) is 3.33. The average Bonchev–Trinajstić information content (AvgIpc) is 3.40. The van der Waals surface area contributed by atoms with E-state index < -0.39 is 0 Å². The van der Waals surface area contributed by atoms with Gasteiger partial charge < -0.3 is 9.73 Å². The second-order valence-corrected chi connectivity index (χ2v) is 6.53. The van der Waals surface area contributed by atoms with E-state index in [1.54, 1.807) is 17.6 Å². The molecule has 4 rings (SSSR count). The van der Waals surface area contributed by atoms with Crippen molar-refractivity contribution < 1.29 is 4.42 Å². The molecule has 0 bridgehead atoms. The summed E-state index contributed by atoms with van der Waals surface area (Å²) in [6.07, 6.45) is 6.60. The molecule has 0 atom stereocenters. The highest BCUT2D eigenvalue weighted by Gasteiger charge is 2.07. The van der Waals surface area contributed by atoms with Gasteiger partial charge >= 0.3 is 0 Å². The van der Waals surface area contributed by atoms with Gasteiger partial charge in [0.15, 0.2) is 10.8 Å². The topological polar surface area (TPSA) is 55.9 Å². The van der Waals surface area contributed by atoms with Gasteiger partial charge in [0.2, 0.25) is 0 Å².